The van der Waals surface area contributed by atoms with Gasteiger partial charge in [0, 0.05) is 43.7 Å². The molecule has 3 heteroatoms. The summed E-state index contributed by atoms with van der Waals surface area (Å²) in [6.07, 6.45) is 0. The van der Waals surface area contributed by atoms with Crippen LogP contribution in [-0.4, -0.2) is 9.13 Å². The van der Waals surface area contributed by atoms with Gasteiger partial charge in [-0.3, -0.25) is 0 Å². The van der Waals surface area contributed by atoms with Gasteiger partial charge in [-0.25, -0.2) is 0 Å². The van der Waals surface area contributed by atoms with Gasteiger partial charge >= 0.3 is 0 Å². The molecule has 0 radical (unpaired) electrons. The molecule has 9 aromatic carbocycles. The van der Waals surface area contributed by atoms with E-state index in [0.29, 0.717) is 0 Å². The number of aromatic nitrogens is 2. The maximum atomic E-state index is 6.20. The van der Waals surface area contributed by atoms with Gasteiger partial charge in [0.25, 0.3) is 0 Å². The van der Waals surface area contributed by atoms with E-state index in [-0.39, 0.29) is 0 Å². The topological polar surface area (TPSA) is 23.0 Å². The lowest BCUT2D eigenvalue weighted by atomic mass is 9.99. The minimum absolute atomic E-state index is 0.913. The third kappa shape index (κ3) is 4.50. The van der Waals surface area contributed by atoms with Crippen LogP contribution < -0.4 is 0 Å². The van der Waals surface area contributed by atoms with Gasteiger partial charge < -0.3 is 13.6 Å². The number of para-hydroxylation sites is 3. The van der Waals surface area contributed by atoms with Gasteiger partial charge in [0.1, 0.15) is 11.2 Å². The third-order valence-electron chi connectivity index (χ3n) is 11.5. The van der Waals surface area contributed by atoms with Gasteiger partial charge in [-0.05, 0) is 106 Å². The molecule has 0 aliphatic rings. The van der Waals surface area contributed by atoms with Crippen molar-refractivity contribution in [3.63, 3.8) is 0 Å². The smallest absolute Gasteiger partial charge is 0.136 e. The molecule has 0 fully saturated rings. The van der Waals surface area contributed by atoms with Gasteiger partial charge in [-0.2, -0.15) is 0 Å². The SMILES string of the molecule is c1ccc2cc(-n3c4ccccc4c4cc(-c5ccc6c(c5)c5ccccc5n6-c5ccc(-c6cccc7oc8ccccc8c67)cc5)ccc43)ccc2c1. The Morgan fingerprint density at radius 2 is 0.836 bits per heavy atom. The fourth-order valence-electron chi connectivity index (χ4n) is 8.98. The maximum absolute atomic E-state index is 6.20. The summed E-state index contributed by atoms with van der Waals surface area (Å²) in [6, 6.07) is 70.3. The molecule has 0 bridgehead atoms. The summed E-state index contributed by atoms with van der Waals surface area (Å²) in [4.78, 5) is 0. The normalized spacial score (nSPS) is 12.0. The number of nitrogens with zero attached hydrogens (tertiary/aromatic N) is 2. The molecule has 0 aliphatic heterocycles. The van der Waals surface area contributed by atoms with Crippen LogP contribution >= 0.6 is 0 Å². The minimum atomic E-state index is 0.913. The third-order valence-corrected chi connectivity index (χ3v) is 11.5. The second-order valence-electron chi connectivity index (χ2n) is 14.5. The van der Waals surface area contributed by atoms with Crippen molar-refractivity contribution in [1.29, 1.82) is 0 Å². The Morgan fingerprint density at radius 3 is 1.55 bits per heavy atom. The van der Waals surface area contributed by atoms with E-state index in [9.17, 15) is 0 Å². The van der Waals surface area contributed by atoms with Crippen LogP contribution in [0.5, 0.6) is 0 Å². The van der Waals surface area contributed by atoms with E-state index >= 15 is 0 Å². The standard InChI is InChI=1S/C52H32N2O/c1-2-11-35-30-39(27-20-33(35)10-1)54-47-17-7-4-13-42(47)45-32-37(24-29-49(45)54)36-23-28-48-44(31-36)41-12-3-6-16-46(41)53(48)38-25-21-34(22-26-38)40-15-9-19-51-52(40)43-14-5-8-18-50(43)55-51/h1-32H. The van der Waals surface area contributed by atoms with Gasteiger partial charge in [-0.1, -0.05) is 121 Å². The molecule has 0 aliphatic carbocycles. The van der Waals surface area contributed by atoms with Crippen molar-refractivity contribution in [1.82, 2.24) is 9.13 Å². The molecule has 0 unspecified atom stereocenters. The zero-order valence-electron chi connectivity index (χ0n) is 29.8. The van der Waals surface area contributed by atoms with E-state index < -0.39 is 0 Å². The van der Waals surface area contributed by atoms with Crippen molar-refractivity contribution in [2.45, 2.75) is 0 Å². The molecule has 3 nitrogen and oxygen atoms in total. The Hall–Kier alpha value is -7.36. The first-order valence-electron chi connectivity index (χ1n) is 18.8. The summed E-state index contributed by atoms with van der Waals surface area (Å²) in [7, 11) is 0. The average Bonchev–Trinajstić information content (AvgIpc) is 3.91. The van der Waals surface area contributed by atoms with Crippen LogP contribution in [0, 0.1) is 0 Å². The molecule has 12 rings (SSSR count). The first kappa shape index (κ1) is 30.1. The largest absolute Gasteiger partial charge is 0.456 e. The Morgan fingerprint density at radius 1 is 0.309 bits per heavy atom. The summed E-state index contributed by atoms with van der Waals surface area (Å²) < 4.78 is 11.0. The zero-order valence-corrected chi connectivity index (χ0v) is 29.8. The minimum Gasteiger partial charge on any atom is -0.456 e. The average molecular weight is 701 g/mol. The lowest BCUT2D eigenvalue weighted by Gasteiger charge is -2.11. The van der Waals surface area contributed by atoms with E-state index in [1.165, 1.54) is 82.3 Å². The predicted molar refractivity (Wildman–Crippen MR) is 231 cm³/mol. The zero-order chi connectivity index (χ0) is 36.0. The van der Waals surface area contributed by atoms with Gasteiger partial charge in [-0.15, -0.1) is 0 Å². The molecule has 0 atom stereocenters. The maximum Gasteiger partial charge on any atom is 0.136 e. The van der Waals surface area contributed by atoms with Crippen molar-refractivity contribution in [2.24, 2.45) is 0 Å². The predicted octanol–water partition coefficient (Wildman–Crippen LogP) is 14.3. The number of rotatable bonds is 4. The highest BCUT2D eigenvalue weighted by Crippen LogP contribution is 2.40. The van der Waals surface area contributed by atoms with Crippen LogP contribution in [-0.2, 0) is 0 Å². The second kappa shape index (κ2) is 11.6. The van der Waals surface area contributed by atoms with Crippen LogP contribution in [0.15, 0.2) is 199 Å². The second-order valence-corrected chi connectivity index (χ2v) is 14.5. The highest BCUT2D eigenvalue weighted by molar-refractivity contribution is 6.14. The number of hydrogen-bond acceptors (Lipinski definition) is 1. The van der Waals surface area contributed by atoms with Crippen molar-refractivity contribution < 1.29 is 4.42 Å². The fourth-order valence-corrected chi connectivity index (χ4v) is 8.98. The summed E-state index contributed by atoms with van der Waals surface area (Å²) in [5.74, 6) is 0. The highest BCUT2D eigenvalue weighted by Gasteiger charge is 2.17. The molecular weight excluding hydrogens is 669 g/mol. The molecule has 55 heavy (non-hydrogen) atoms. The lowest BCUT2D eigenvalue weighted by molar-refractivity contribution is 0.669. The fraction of sp³-hybridized carbons (Fsp3) is 0. The van der Waals surface area contributed by atoms with Crippen molar-refractivity contribution in [3.8, 4) is 33.6 Å². The van der Waals surface area contributed by atoms with Gasteiger partial charge in [0.2, 0.25) is 0 Å². The summed E-state index contributed by atoms with van der Waals surface area (Å²) in [5.41, 5.74) is 13.7. The van der Waals surface area contributed by atoms with Crippen molar-refractivity contribution >= 4 is 76.3 Å². The molecule has 0 amide bonds. The van der Waals surface area contributed by atoms with E-state index in [1.807, 2.05) is 12.1 Å². The van der Waals surface area contributed by atoms with Crippen LogP contribution in [0.1, 0.15) is 0 Å². The highest BCUT2D eigenvalue weighted by atomic mass is 16.3. The van der Waals surface area contributed by atoms with E-state index in [1.54, 1.807) is 0 Å². The molecule has 3 aromatic heterocycles. The monoisotopic (exact) mass is 700 g/mol. The van der Waals surface area contributed by atoms with Gasteiger partial charge in [0.05, 0.1) is 22.1 Å². The lowest BCUT2D eigenvalue weighted by Crippen LogP contribution is -1.94. The Labute approximate surface area is 316 Å². The Balaban J connectivity index is 0.978. The first-order chi connectivity index (χ1) is 27.3. The van der Waals surface area contributed by atoms with Crippen LogP contribution in [0.25, 0.3) is 110 Å². The number of benzene rings is 9. The molecule has 256 valence electrons. The van der Waals surface area contributed by atoms with E-state index in [0.717, 1.165) is 27.6 Å². The first-order valence-corrected chi connectivity index (χ1v) is 18.8. The van der Waals surface area contributed by atoms with Crippen LogP contribution in [0.4, 0.5) is 0 Å². The number of fused-ring (bicyclic) bond motifs is 10. The Kier molecular flexibility index (Phi) is 6.34. The number of furan rings is 1. The number of hydrogen-bond donors (Lipinski definition) is 0. The Bertz CT molecular complexity index is 3490. The van der Waals surface area contributed by atoms with Crippen molar-refractivity contribution in [3.05, 3.63) is 194 Å². The van der Waals surface area contributed by atoms with Gasteiger partial charge in [0.15, 0.2) is 0 Å². The van der Waals surface area contributed by atoms with Crippen LogP contribution in [0.3, 0.4) is 0 Å². The molecule has 0 saturated heterocycles. The molecular formula is C52H32N2O. The molecule has 0 N–H and O–H groups in total. The van der Waals surface area contributed by atoms with E-state index in [2.05, 4.69) is 191 Å². The van der Waals surface area contributed by atoms with Crippen LogP contribution in [0.2, 0.25) is 0 Å². The summed E-state index contributed by atoms with van der Waals surface area (Å²) in [5, 5.41) is 9.79. The molecule has 3 heterocycles. The van der Waals surface area contributed by atoms with Crippen molar-refractivity contribution in [2.75, 3.05) is 0 Å². The molecule has 0 saturated carbocycles. The summed E-state index contributed by atoms with van der Waals surface area (Å²) in [6.45, 7) is 0. The van der Waals surface area contributed by atoms with E-state index in [4.69, 9.17) is 4.42 Å². The summed E-state index contributed by atoms with van der Waals surface area (Å²) >= 11 is 0. The molecule has 12 aromatic rings. The molecule has 0 spiro atoms. The quantitative estimate of drug-likeness (QED) is 0.179.